The number of anilines is 2. The van der Waals surface area contributed by atoms with E-state index in [1.165, 1.54) is 16.7 Å². The third-order valence-corrected chi connectivity index (χ3v) is 5.05. The number of rotatable bonds is 3. The maximum Gasteiger partial charge on any atom is 0.247 e. The third-order valence-electron chi connectivity index (χ3n) is 3.65. The maximum absolute atomic E-state index is 12.7. The van der Waals surface area contributed by atoms with Crippen molar-refractivity contribution in [1.82, 2.24) is 0 Å². The Morgan fingerprint density at radius 1 is 1.20 bits per heavy atom. The summed E-state index contributed by atoms with van der Waals surface area (Å²) in [5, 5.41) is 3.79. The fourth-order valence-corrected chi connectivity index (χ4v) is 3.68. The Kier molecular flexibility index (Phi) is 5.40. The van der Waals surface area contributed by atoms with Crippen LogP contribution < -0.4 is 10.2 Å². The van der Waals surface area contributed by atoms with E-state index < -0.39 is 5.25 Å². The van der Waals surface area contributed by atoms with Crippen molar-refractivity contribution in [3.63, 3.8) is 0 Å². The highest BCUT2D eigenvalue weighted by atomic mass is 35.5. The Hall–Kier alpha value is -2.31. The van der Waals surface area contributed by atoms with Crippen LogP contribution in [0.25, 0.3) is 0 Å². The van der Waals surface area contributed by atoms with Crippen molar-refractivity contribution in [2.75, 3.05) is 17.3 Å². The smallest absolute Gasteiger partial charge is 0.247 e. The van der Waals surface area contributed by atoms with Crippen molar-refractivity contribution in [1.29, 1.82) is 0 Å². The molecule has 1 saturated heterocycles. The van der Waals surface area contributed by atoms with Crippen LogP contribution in [-0.4, -0.2) is 29.3 Å². The van der Waals surface area contributed by atoms with Crippen molar-refractivity contribution in [3.05, 3.63) is 59.6 Å². The second-order valence-corrected chi connectivity index (χ2v) is 7.01. The van der Waals surface area contributed by atoms with Crippen molar-refractivity contribution >= 4 is 51.7 Å². The summed E-state index contributed by atoms with van der Waals surface area (Å²) in [6.07, 6.45) is 0.147. The number of hydrogen-bond donors (Lipinski definition) is 1. The maximum atomic E-state index is 12.7. The van der Waals surface area contributed by atoms with Gasteiger partial charge in [0.1, 0.15) is 5.25 Å². The van der Waals surface area contributed by atoms with Gasteiger partial charge in [-0.15, -0.1) is 0 Å². The molecule has 0 bridgehead atoms. The minimum Gasteiger partial charge on any atom is -0.335 e. The third kappa shape index (κ3) is 4.03. The molecule has 0 spiro atoms. The Morgan fingerprint density at radius 2 is 1.96 bits per heavy atom. The second kappa shape index (κ2) is 7.72. The predicted octanol–water partition coefficient (Wildman–Crippen LogP) is 3.80. The number of thioether (sulfide) groups is 1. The van der Waals surface area contributed by atoms with Crippen LogP contribution in [0.3, 0.4) is 0 Å². The predicted molar refractivity (Wildman–Crippen MR) is 103 cm³/mol. The minimum atomic E-state index is -0.502. The number of carbonyl (C=O) groups is 2. The number of para-hydroxylation sites is 1. The summed E-state index contributed by atoms with van der Waals surface area (Å²) in [5.74, 6) is -0.429. The molecule has 0 saturated carbocycles. The summed E-state index contributed by atoms with van der Waals surface area (Å²) in [6.45, 7) is 0. The second-order valence-electron chi connectivity index (χ2n) is 5.38. The van der Waals surface area contributed by atoms with Gasteiger partial charge in [0, 0.05) is 24.2 Å². The van der Waals surface area contributed by atoms with Gasteiger partial charge < -0.3 is 5.32 Å². The highest BCUT2D eigenvalue weighted by Gasteiger charge is 2.40. The monoisotopic (exact) mass is 373 g/mol. The van der Waals surface area contributed by atoms with Gasteiger partial charge in [-0.3, -0.25) is 14.6 Å². The molecule has 2 aromatic carbocycles. The van der Waals surface area contributed by atoms with Gasteiger partial charge in [-0.2, -0.15) is 0 Å². The van der Waals surface area contributed by atoms with Crippen LogP contribution >= 0.6 is 23.4 Å². The Morgan fingerprint density at radius 3 is 2.64 bits per heavy atom. The lowest BCUT2D eigenvalue weighted by Crippen LogP contribution is -2.31. The summed E-state index contributed by atoms with van der Waals surface area (Å²) in [5.41, 5.74) is 1.37. The number of aliphatic imine (C=N–C) groups is 1. The zero-order valence-corrected chi connectivity index (χ0v) is 15.1. The molecule has 1 aliphatic heterocycles. The van der Waals surface area contributed by atoms with E-state index in [0.717, 1.165) is 5.69 Å². The van der Waals surface area contributed by atoms with Gasteiger partial charge in [0.2, 0.25) is 11.8 Å². The molecule has 1 aliphatic rings. The van der Waals surface area contributed by atoms with Crippen LogP contribution in [-0.2, 0) is 9.59 Å². The van der Waals surface area contributed by atoms with E-state index in [1.54, 1.807) is 43.4 Å². The number of halogens is 1. The van der Waals surface area contributed by atoms with E-state index in [2.05, 4.69) is 10.3 Å². The van der Waals surface area contributed by atoms with Crippen molar-refractivity contribution in [2.24, 2.45) is 4.99 Å². The van der Waals surface area contributed by atoms with Gasteiger partial charge in [-0.1, -0.05) is 47.6 Å². The van der Waals surface area contributed by atoms with Crippen LogP contribution in [0.15, 0.2) is 59.6 Å². The number of amidine groups is 1. The molecule has 1 fully saturated rings. The fourth-order valence-electron chi connectivity index (χ4n) is 2.51. The average Bonchev–Trinajstić information content (AvgIpc) is 2.88. The first-order valence-electron chi connectivity index (χ1n) is 7.66. The fraction of sp³-hybridized carbons (Fsp3) is 0.167. The number of nitrogens with one attached hydrogen (secondary N) is 1. The highest BCUT2D eigenvalue weighted by Crippen LogP contribution is 2.30. The van der Waals surface area contributed by atoms with Crippen LogP contribution in [0, 0.1) is 0 Å². The Bertz CT molecular complexity index is 826. The van der Waals surface area contributed by atoms with Gasteiger partial charge in [0.05, 0.1) is 5.69 Å². The molecule has 0 radical (unpaired) electrons. The standard InChI is InChI=1S/C18H16ClN3O2S/c1-20-18(21-13-7-5-6-12(19)10-13)25-15-11-16(23)22(17(15)24)14-8-3-2-4-9-14/h2-10,15H,11H2,1H3,(H,20,21). The molecule has 25 heavy (non-hydrogen) atoms. The number of carbonyl (C=O) groups excluding carboxylic acids is 2. The molecule has 2 amide bonds. The van der Waals surface area contributed by atoms with Gasteiger partial charge >= 0.3 is 0 Å². The first-order valence-corrected chi connectivity index (χ1v) is 8.92. The molecule has 3 rings (SSSR count). The SMILES string of the molecule is CN=C(Nc1cccc(Cl)c1)SC1CC(=O)N(c2ccccc2)C1=O. The summed E-state index contributed by atoms with van der Waals surface area (Å²) >= 11 is 7.23. The molecule has 1 atom stereocenters. The topological polar surface area (TPSA) is 61.8 Å². The molecular weight excluding hydrogens is 358 g/mol. The van der Waals surface area contributed by atoms with Crippen LogP contribution in [0.5, 0.6) is 0 Å². The van der Waals surface area contributed by atoms with E-state index >= 15 is 0 Å². The number of nitrogens with zero attached hydrogens (tertiary/aromatic N) is 2. The number of hydrogen-bond acceptors (Lipinski definition) is 4. The zero-order chi connectivity index (χ0) is 17.8. The van der Waals surface area contributed by atoms with Gasteiger partial charge in [-0.05, 0) is 30.3 Å². The van der Waals surface area contributed by atoms with Crippen LogP contribution in [0.2, 0.25) is 5.02 Å². The molecule has 0 aromatic heterocycles. The van der Waals surface area contributed by atoms with Crippen LogP contribution in [0.1, 0.15) is 6.42 Å². The molecule has 1 N–H and O–H groups in total. The molecule has 5 nitrogen and oxygen atoms in total. The number of imide groups is 1. The molecule has 1 heterocycles. The summed E-state index contributed by atoms with van der Waals surface area (Å²) in [4.78, 5) is 30.4. The summed E-state index contributed by atoms with van der Waals surface area (Å²) in [6, 6.07) is 16.2. The van der Waals surface area contributed by atoms with E-state index in [-0.39, 0.29) is 18.2 Å². The van der Waals surface area contributed by atoms with E-state index in [1.807, 2.05) is 18.2 Å². The number of benzene rings is 2. The molecule has 1 unspecified atom stereocenters. The van der Waals surface area contributed by atoms with Gasteiger partial charge in [-0.25, -0.2) is 4.90 Å². The zero-order valence-electron chi connectivity index (χ0n) is 13.5. The van der Waals surface area contributed by atoms with Crippen molar-refractivity contribution in [3.8, 4) is 0 Å². The quantitative estimate of drug-likeness (QED) is 0.505. The molecule has 128 valence electrons. The lowest BCUT2D eigenvalue weighted by molar-refractivity contribution is -0.121. The average molecular weight is 374 g/mol. The van der Waals surface area contributed by atoms with E-state index in [4.69, 9.17) is 11.6 Å². The van der Waals surface area contributed by atoms with Crippen molar-refractivity contribution < 1.29 is 9.59 Å². The summed E-state index contributed by atoms with van der Waals surface area (Å²) in [7, 11) is 1.64. The Balaban J connectivity index is 1.72. The minimum absolute atomic E-state index is 0.147. The van der Waals surface area contributed by atoms with Crippen LogP contribution in [0.4, 0.5) is 11.4 Å². The van der Waals surface area contributed by atoms with Gasteiger partial charge in [0.15, 0.2) is 5.17 Å². The van der Waals surface area contributed by atoms with E-state index in [0.29, 0.717) is 15.9 Å². The normalized spacial score (nSPS) is 17.9. The van der Waals surface area contributed by atoms with E-state index in [9.17, 15) is 9.59 Å². The lowest BCUT2D eigenvalue weighted by Gasteiger charge is -2.15. The largest absolute Gasteiger partial charge is 0.335 e. The lowest BCUT2D eigenvalue weighted by atomic mass is 10.3. The highest BCUT2D eigenvalue weighted by molar-refractivity contribution is 8.15. The molecule has 2 aromatic rings. The first-order chi connectivity index (χ1) is 12.1. The summed E-state index contributed by atoms with van der Waals surface area (Å²) < 4.78 is 0. The molecular formula is C18H16ClN3O2S. The Labute approximate surface area is 155 Å². The first kappa shape index (κ1) is 17.5. The molecule has 0 aliphatic carbocycles. The molecule has 7 heteroatoms. The van der Waals surface area contributed by atoms with Crippen molar-refractivity contribution in [2.45, 2.75) is 11.7 Å². The van der Waals surface area contributed by atoms with Gasteiger partial charge in [0.25, 0.3) is 0 Å². The number of amides is 2.